The van der Waals surface area contributed by atoms with Gasteiger partial charge in [-0.05, 0) is 55.1 Å². The highest BCUT2D eigenvalue weighted by atomic mass is 15.1. The van der Waals surface area contributed by atoms with Crippen molar-refractivity contribution in [3.05, 3.63) is 35.5 Å². The Hall–Kier alpha value is -1.79. The van der Waals surface area contributed by atoms with Crippen LogP contribution in [0, 0.1) is 17.2 Å². The first kappa shape index (κ1) is 13.2. The van der Waals surface area contributed by atoms with Crippen molar-refractivity contribution >= 4 is 10.9 Å². The highest BCUT2D eigenvalue weighted by molar-refractivity contribution is 5.85. The maximum atomic E-state index is 9.05. The molecule has 0 bridgehead atoms. The molecule has 0 amide bonds. The Morgan fingerprint density at radius 1 is 1.35 bits per heavy atom. The second kappa shape index (κ2) is 5.30. The smallest absolute Gasteiger partial charge is 0.0991 e. The van der Waals surface area contributed by atoms with Crippen LogP contribution in [-0.2, 0) is 0 Å². The first-order valence-electron chi connectivity index (χ1n) is 7.50. The summed E-state index contributed by atoms with van der Waals surface area (Å²) >= 11 is 0. The van der Waals surface area contributed by atoms with Crippen LogP contribution >= 0.6 is 0 Å². The van der Waals surface area contributed by atoms with Crippen molar-refractivity contribution in [1.29, 1.82) is 5.26 Å². The Bertz CT molecular complexity index is 646. The maximum Gasteiger partial charge on any atom is 0.0991 e. The van der Waals surface area contributed by atoms with E-state index in [1.807, 2.05) is 18.2 Å². The van der Waals surface area contributed by atoms with Crippen molar-refractivity contribution < 1.29 is 0 Å². The summed E-state index contributed by atoms with van der Waals surface area (Å²) in [4.78, 5) is 5.84. The third-order valence-corrected chi connectivity index (χ3v) is 4.55. The van der Waals surface area contributed by atoms with Crippen LogP contribution in [0.2, 0.25) is 0 Å². The predicted molar refractivity (Wildman–Crippen MR) is 81.6 cm³/mol. The van der Waals surface area contributed by atoms with E-state index in [9.17, 15) is 0 Å². The highest BCUT2D eigenvalue weighted by Crippen LogP contribution is 2.49. The highest BCUT2D eigenvalue weighted by Gasteiger charge is 2.40. The summed E-state index contributed by atoms with van der Waals surface area (Å²) < 4.78 is 0. The molecule has 1 saturated carbocycles. The zero-order valence-electron chi connectivity index (χ0n) is 12.2. The number of aromatic nitrogens is 1. The van der Waals surface area contributed by atoms with Crippen LogP contribution in [-0.4, -0.2) is 29.5 Å². The largest absolute Gasteiger partial charge is 0.361 e. The zero-order chi connectivity index (χ0) is 14.1. The number of hydrogen-bond donors (Lipinski definition) is 1. The van der Waals surface area contributed by atoms with Crippen LogP contribution in [0.5, 0.6) is 0 Å². The van der Waals surface area contributed by atoms with Crippen molar-refractivity contribution in [2.75, 3.05) is 19.6 Å². The molecule has 1 aliphatic carbocycles. The van der Waals surface area contributed by atoms with E-state index in [4.69, 9.17) is 5.26 Å². The van der Waals surface area contributed by atoms with E-state index in [0.717, 1.165) is 30.1 Å². The average molecular weight is 267 g/mol. The Morgan fingerprint density at radius 3 is 2.85 bits per heavy atom. The molecule has 3 heteroatoms. The monoisotopic (exact) mass is 267 g/mol. The van der Waals surface area contributed by atoms with Crippen LogP contribution < -0.4 is 0 Å². The number of hydrogen-bond acceptors (Lipinski definition) is 2. The topological polar surface area (TPSA) is 42.8 Å². The summed E-state index contributed by atoms with van der Waals surface area (Å²) in [5.74, 6) is 1.44. The molecule has 20 heavy (non-hydrogen) atoms. The van der Waals surface area contributed by atoms with Gasteiger partial charge in [0.1, 0.15) is 0 Å². The molecule has 2 atom stereocenters. The van der Waals surface area contributed by atoms with E-state index in [-0.39, 0.29) is 0 Å². The Morgan fingerprint density at radius 2 is 2.15 bits per heavy atom. The number of aromatic amines is 1. The summed E-state index contributed by atoms with van der Waals surface area (Å²) in [5, 5.41) is 10.3. The SMILES string of the molecule is CCN(CC)CC1CC1c1c[nH]c2ccc(C#N)cc12. The molecule has 0 spiro atoms. The molecule has 104 valence electrons. The van der Waals surface area contributed by atoms with Crippen LogP contribution in [0.1, 0.15) is 37.3 Å². The van der Waals surface area contributed by atoms with Gasteiger partial charge in [0.2, 0.25) is 0 Å². The number of fused-ring (bicyclic) bond motifs is 1. The van der Waals surface area contributed by atoms with E-state index < -0.39 is 0 Å². The molecule has 1 fully saturated rings. The Labute approximate surface area is 120 Å². The fourth-order valence-electron chi connectivity index (χ4n) is 3.16. The fourth-order valence-corrected chi connectivity index (χ4v) is 3.16. The van der Waals surface area contributed by atoms with Gasteiger partial charge in [0, 0.05) is 23.6 Å². The van der Waals surface area contributed by atoms with E-state index in [1.165, 1.54) is 23.9 Å². The molecule has 2 aromatic rings. The quantitative estimate of drug-likeness (QED) is 0.901. The number of nitrogens with one attached hydrogen (secondary N) is 1. The number of nitrogens with zero attached hydrogens (tertiary/aromatic N) is 2. The maximum absolute atomic E-state index is 9.05. The molecule has 1 heterocycles. The van der Waals surface area contributed by atoms with Crippen molar-refractivity contribution in [1.82, 2.24) is 9.88 Å². The predicted octanol–water partition coefficient (Wildman–Crippen LogP) is 3.48. The van der Waals surface area contributed by atoms with Crippen molar-refractivity contribution in [2.45, 2.75) is 26.2 Å². The molecule has 2 unspecified atom stereocenters. The van der Waals surface area contributed by atoms with Crippen LogP contribution in [0.25, 0.3) is 10.9 Å². The average Bonchev–Trinajstić information content (AvgIpc) is 3.12. The number of benzene rings is 1. The van der Waals surface area contributed by atoms with Gasteiger partial charge in [-0.15, -0.1) is 0 Å². The summed E-state index contributed by atoms with van der Waals surface area (Å²) in [7, 11) is 0. The summed E-state index contributed by atoms with van der Waals surface area (Å²) in [6, 6.07) is 8.15. The van der Waals surface area contributed by atoms with Crippen LogP contribution in [0.3, 0.4) is 0 Å². The minimum absolute atomic E-state index is 0.665. The van der Waals surface area contributed by atoms with Gasteiger partial charge in [0.25, 0.3) is 0 Å². The number of rotatable bonds is 5. The lowest BCUT2D eigenvalue weighted by Crippen LogP contribution is -2.25. The van der Waals surface area contributed by atoms with Gasteiger partial charge >= 0.3 is 0 Å². The summed E-state index contributed by atoms with van der Waals surface area (Å²) in [5.41, 5.74) is 3.29. The second-order valence-electron chi connectivity index (χ2n) is 5.70. The normalized spacial score (nSPS) is 21.3. The lowest BCUT2D eigenvalue weighted by atomic mass is 10.1. The van der Waals surface area contributed by atoms with E-state index >= 15 is 0 Å². The van der Waals surface area contributed by atoms with Crippen LogP contribution in [0.4, 0.5) is 0 Å². The standard InChI is InChI=1S/C17H21N3/c1-3-20(4-2)11-13-8-14(13)16-10-19-17-6-5-12(9-18)7-15(16)17/h5-7,10,13-14,19H,3-4,8,11H2,1-2H3. The third-order valence-electron chi connectivity index (χ3n) is 4.55. The molecule has 1 N–H and O–H groups in total. The van der Waals surface area contributed by atoms with Gasteiger partial charge < -0.3 is 9.88 Å². The van der Waals surface area contributed by atoms with E-state index in [0.29, 0.717) is 5.92 Å². The lowest BCUT2D eigenvalue weighted by molar-refractivity contribution is 0.289. The molecule has 0 aliphatic heterocycles. The summed E-state index contributed by atoms with van der Waals surface area (Å²) in [6.45, 7) is 7.91. The van der Waals surface area contributed by atoms with Gasteiger partial charge in [-0.2, -0.15) is 5.26 Å². The van der Waals surface area contributed by atoms with Crippen LogP contribution in [0.15, 0.2) is 24.4 Å². The van der Waals surface area contributed by atoms with Gasteiger partial charge in [-0.3, -0.25) is 0 Å². The lowest BCUT2D eigenvalue weighted by Gasteiger charge is -2.17. The molecule has 1 aromatic carbocycles. The van der Waals surface area contributed by atoms with Gasteiger partial charge in [-0.1, -0.05) is 13.8 Å². The zero-order valence-corrected chi connectivity index (χ0v) is 12.2. The molecular formula is C17H21N3. The minimum Gasteiger partial charge on any atom is -0.361 e. The molecule has 1 aliphatic rings. The van der Waals surface area contributed by atoms with Crippen molar-refractivity contribution in [3.8, 4) is 6.07 Å². The van der Waals surface area contributed by atoms with Crippen molar-refractivity contribution in [2.24, 2.45) is 5.92 Å². The molecule has 0 saturated heterocycles. The number of nitriles is 1. The Balaban J connectivity index is 1.81. The molecule has 1 aromatic heterocycles. The van der Waals surface area contributed by atoms with Gasteiger partial charge in [0.15, 0.2) is 0 Å². The Kier molecular flexibility index (Phi) is 3.50. The van der Waals surface area contributed by atoms with Gasteiger partial charge in [0.05, 0.1) is 11.6 Å². The second-order valence-corrected chi connectivity index (χ2v) is 5.70. The first-order valence-corrected chi connectivity index (χ1v) is 7.50. The van der Waals surface area contributed by atoms with E-state index in [1.54, 1.807) is 0 Å². The first-order chi connectivity index (χ1) is 9.76. The molecular weight excluding hydrogens is 246 g/mol. The minimum atomic E-state index is 0.665. The fraction of sp³-hybridized carbons (Fsp3) is 0.471. The van der Waals surface area contributed by atoms with E-state index in [2.05, 4.69) is 36.0 Å². The summed E-state index contributed by atoms with van der Waals surface area (Å²) in [6.07, 6.45) is 3.42. The molecule has 3 nitrogen and oxygen atoms in total. The molecule has 0 radical (unpaired) electrons. The van der Waals surface area contributed by atoms with Crippen molar-refractivity contribution in [3.63, 3.8) is 0 Å². The van der Waals surface area contributed by atoms with Gasteiger partial charge in [-0.25, -0.2) is 0 Å². The molecule has 3 rings (SSSR count). The third kappa shape index (κ3) is 2.32. The number of H-pyrrole nitrogens is 1.